The van der Waals surface area contributed by atoms with Gasteiger partial charge in [-0.1, -0.05) is 0 Å². The molecule has 20 heavy (non-hydrogen) atoms. The van der Waals surface area contributed by atoms with Crippen LogP contribution in [-0.4, -0.2) is 34.1 Å². The highest BCUT2D eigenvalue weighted by Crippen LogP contribution is 2.35. The van der Waals surface area contributed by atoms with E-state index >= 15 is 0 Å². The first kappa shape index (κ1) is 12.5. The first-order valence-corrected chi connectivity index (χ1v) is 6.40. The molecule has 6 nitrogen and oxygen atoms in total. The van der Waals surface area contributed by atoms with Crippen molar-refractivity contribution in [3.05, 3.63) is 30.0 Å². The minimum atomic E-state index is -0.991. The summed E-state index contributed by atoms with van der Waals surface area (Å²) in [5.41, 5.74) is 1.33. The monoisotopic (exact) mass is 274 g/mol. The molecule has 0 aliphatic carbocycles. The van der Waals surface area contributed by atoms with Gasteiger partial charge in [-0.3, -0.25) is 4.68 Å². The van der Waals surface area contributed by atoms with Gasteiger partial charge in [0.05, 0.1) is 0 Å². The Morgan fingerprint density at radius 1 is 1.35 bits per heavy atom. The molecule has 1 aliphatic heterocycles. The summed E-state index contributed by atoms with van der Waals surface area (Å²) in [5.74, 6) is 0.303. The van der Waals surface area contributed by atoms with E-state index in [0.29, 0.717) is 42.5 Å². The molecule has 2 aromatic rings. The van der Waals surface area contributed by atoms with E-state index in [9.17, 15) is 9.90 Å². The van der Waals surface area contributed by atoms with Crippen LogP contribution in [0.25, 0.3) is 11.3 Å². The Balaban J connectivity index is 2.08. The van der Waals surface area contributed by atoms with Crippen molar-refractivity contribution >= 4 is 5.97 Å². The third-order valence-electron chi connectivity index (χ3n) is 3.13. The largest absolute Gasteiger partial charge is 0.486 e. The molecule has 0 amide bonds. The molecule has 1 aliphatic rings. The maximum Gasteiger partial charge on any atom is 0.339 e. The molecule has 6 heteroatoms. The van der Waals surface area contributed by atoms with Gasteiger partial charge in [-0.15, -0.1) is 0 Å². The van der Waals surface area contributed by atoms with E-state index in [4.69, 9.17) is 9.47 Å². The number of carboxylic acids is 1. The second kappa shape index (κ2) is 4.88. The number of aryl methyl sites for hydroxylation is 1. The van der Waals surface area contributed by atoms with Crippen LogP contribution in [0.1, 0.15) is 17.3 Å². The number of hydrogen-bond donors (Lipinski definition) is 1. The van der Waals surface area contributed by atoms with Crippen LogP contribution in [0.3, 0.4) is 0 Å². The molecule has 0 fully saturated rings. The standard InChI is InChI=1S/C14H14N2O4/c1-2-16-8-10(14(17)18)13(15-16)9-3-4-11-12(7-9)20-6-5-19-11/h3-4,7-8H,2,5-6H2,1H3,(H,17,18). The molecule has 0 atom stereocenters. The fourth-order valence-electron chi connectivity index (χ4n) is 2.14. The van der Waals surface area contributed by atoms with Gasteiger partial charge < -0.3 is 14.6 Å². The zero-order chi connectivity index (χ0) is 14.1. The fourth-order valence-corrected chi connectivity index (χ4v) is 2.14. The maximum atomic E-state index is 11.3. The number of aromatic nitrogens is 2. The number of aromatic carboxylic acids is 1. The van der Waals surface area contributed by atoms with Crippen LogP contribution in [0, 0.1) is 0 Å². The van der Waals surface area contributed by atoms with Gasteiger partial charge in [-0.25, -0.2) is 4.79 Å². The molecule has 0 bridgehead atoms. The second-order valence-electron chi connectivity index (χ2n) is 4.41. The van der Waals surface area contributed by atoms with Gasteiger partial charge in [0, 0.05) is 18.3 Å². The van der Waals surface area contributed by atoms with Crippen LogP contribution in [0.4, 0.5) is 0 Å². The first-order chi connectivity index (χ1) is 9.69. The van der Waals surface area contributed by atoms with Crippen LogP contribution < -0.4 is 9.47 Å². The number of ether oxygens (including phenoxy) is 2. The molecule has 2 heterocycles. The normalized spacial score (nSPS) is 13.2. The SMILES string of the molecule is CCn1cc(C(=O)O)c(-c2ccc3c(c2)OCCO3)n1. The number of benzene rings is 1. The summed E-state index contributed by atoms with van der Waals surface area (Å²) in [4.78, 5) is 11.3. The summed E-state index contributed by atoms with van der Waals surface area (Å²) in [6.07, 6.45) is 1.54. The molecule has 0 saturated carbocycles. The molecular weight excluding hydrogens is 260 g/mol. The predicted octanol–water partition coefficient (Wildman–Crippen LogP) is 2.04. The van der Waals surface area contributed by atoms with Gasteiger partial charge in [0.1, 0.15) is 24.5 Å². The Morgan fingerprint density at radius 3 is 2.80 bits per heavy atom. The van der Waals surface area contributed by atoms with Gasteiger partial charge in [-0.2, -0.15) is 5.10 Å². The first-order valence-electron chi connectivity index (χ1n) is 6.40. The lowest BCUT2D eigenvalue weighted by molar-refractivity contribution is 0.0697. The number of hydrogen-bond acceptors (Lipinski definition) is 4. The van der Waals surface area contributed by atoms with Crippen molar-refractivity contribution in [3.63, 3.8) is 0 Å². The topological polar surface area (TPSA) is 73.6 Å². The fraction of sp³-hybridized carbons (Fsp3) is 0.286. The maximum absolute atomic E-state index is 11.3. The van der Waals surface area contributed by atoms with Gasteiger partial charge >= 0.3 is 5.97 Å². The van der Waals surface area contributed by atoms with E-state index in [0.717, 1.165) is 0 Å². The van der Waals surface area contributed by atoms with Crippen molar-refractivity contribution in [1.29, 1.82) is 0 Å². The van der Waals surface area contributed by atoms with Gasteiger partial charge in [0.2, 0.25) is 0 Å². The van der Waals surface area contributed by atoms with Gasteiger partial charge in [0.25, 0.3) is 0 Å². The zero-order valence-corrected chi connectivity index (χ0v) is 11.0. The van der Waals surface area contributed by atoms with Crippen LogP contribution in [0.5, 0.6) is 11.5 Å². The Morgan fingerprint density at radius 2 is 2.10 bits per heavy atom. The van der Waals surface area contributed by atoms with Gasteiger partial charge in [0.15, 0.2) is 11.5 Å². The van der Waals surface area contributed by atoms with E-state index in [-0.39, 0.29) is 5.56 Å². The smallest absolute Gasteiger partial charge is 0.339 e. The van der Waals surface area contributed by atoms with Crippen LogP contribution in [0.15, 0.2) is 24.4 Å². The van der Waals surface area contributed by atoms with E-state index in [1.165, 1.54) is 6.20 Å². The van der Waals surface area contributed by atoms with Crippen LogP contribution in [-0.2, 0) is 6.54 Å². The Kier molecular flexibility index (Phi) is 3.06. The molecule has 0 unspecified atom stereocenters. The summed E-state index contributed by atoms with van der Waals surface area (Å²) in [7, 11) is 0. The molecular formula is C14H14N2O4. The van der Waals surface area contributed by atoms with E-state index in [1.807, 2.05) is 6.92 Å². The number of rotatable bonds is 3. The molecule has 1 aromatic carbocycles. The van der Waals surface area contributed by atoms with E-state index in [2.05, 4.69) is 5.10 Å². The average Bonchev–Trinajstić information content (AvgIpc) is 2.91. The molecule has 0 spiro atoms. The van der Waals surface area contributed by atoms with E-state index < -0.39 is 5.97 Å². The molecule has 0 saturated heterocycles. The number of carbonyl (C=O) groups is 1. The number of nitrogens with zero attached hydrogens (tertiary/aromatic N) is 2. The lowest BCUT2D eigenvalue weighted by Crippen LogP contribution is -2.15. The summed E-state index contributed by atoms with van der Waals surface area (Å²) < 4.78 is 12.6. The highest BCUT2D eigenvalue weighted by Gasteiger charge is 2.19. The van der Waals surface area contributed by atoms with Gasteiger partial charge in [-0.05, 0) is 25.1 Å². The summed E-state index contributed by atoms with van der Waals surface area (Å²) in [6.45, 7) is 3.54. The highest BCUT2D eigenvalue weighted by molar-refractivity contribution is 5.94. The molecule has 0 radical (unpaired) electrons. The second-order valence-corrected chi connectivity index (χ2v) is 4.41. The van der Waals surface area contributed by atoms with Crippen molar-refractivity contribution in [3.8, 4) is 22.8 Å². The molecule has 104 valence electrons. The highest BCUT2D eigenvalue weighted by atomic mass is 16.6. The van der Waals surface area contributed by atoms with Crippen molar-refractivity contribution in [2.75, 3.05) is 13.2 Å². The summed E-state index contributed by atoms with van der Waals surface area (Å²) in [6, 6.07) is 5.34. The van der Waals surface area contributed by atoms with E-state index in [1.54, 1.807) is 22.9 Å². The molecule has 1 N–H and O–H groups in total. The third kappa shape index (κ3) is 2.09. The van der Waals surface area contributed by atoms with Crippen LogP contribution in [0.2, 0.25) is 0 Å². The Labute approximate surface area is 115 Å². The number of carboxylic acid groups (broad SMARTS) is 1. The summed E-state index contributed by atoms with van der Waals surface area (Å²) in [5, 5.41) is 13.6. The average molecular weight is 274 g/mol. The lowest BCUT2D eigenvalue weighted by atomic mass is 10.1. The minimum absolute atomic E-state index is 0.184. The van der Waals surface area contributed by atoms with Crippen LogP contribution >= 0.6 is 0 Å². The minimum Gasteiger partial charge on any atom is -0.486 e. The predicted molar refractivity (Wildman–Crippen MR) is 71.3 cm³/mol. The quantitative estimate of drug-likeness (QED) is 0.927. The van der Waals surface area contributed by atoms with Crippen molar-refractivity contribution in [1.82, 2.24) is 9.78 Å². The third-order valence-corrected chi connectivity index (χ3v) is 3.13. The Hall–Kier alpha value is -2.50. The zero-order valence-electron chi connectivity index (χ0n) is 11.0. The van der Waals surface area contributed by atoms with Crippen molar-refractivity contribution in [2.24, 2.45) is 0 Å². The molecule has 3 rings (SSSR count). The molecule has 1 aromatic heterocycles. The van der Waals surface area contributed by atoms with Crippen molar-refractivity contribution < 1.29 is 19.4 Å². The van der Waals surface area contributed by atoms with Crippen molar-refractivity contribution in [2.45, 2.75) is 13.5 Å². The number of fused-ring (bicyclic) bond motifs is 1. The summed E-state index contributed by atoms with van der Waals surface area (Å²) >= 11 is 0. The Bertz CT molecular complexity index is 663. The lowest BCUT2D eigenvalue weighted by Gasteiger charge is -2.18.